The maximum atomic E-state index is 13.0. The Kier molecular flexibility index (Phi) is 4.52. The zero-order chi connectivity index (χ0) is 20.9. The predicted octanol–water partition coefficient (Wildman–Crippen LogP) is 1.09. The van der Waals surface area contributed by atoms with Gasteiger partial charge >= 0.3 is 0 Å². The quantitative estimate of drug-likeness (QED) is 0.688. The van der Waals surface area contributed by atoms with Gasteiger partial charge in [0, 0.05) is 36.1 Å². The summed E-state index contributed by atoms with van der Waals surface area (Å²) < 4.78 is 11.3. The highest BCUT2D eigenvalue weighted by molar-refractivity contribution is 6.02. The zero-order valence-electron chi connectivity index (χ0n) is 16.7. The minimum Gasteiger partial charge on any atom is -0.491 e. The van der Waals surface area contributed by atoms with Crippen LogP contribution in [0.5, 0.6) is 5.75 Å². The van der Waals surface area contributed by atoms with Gasteiger partial charge in [-0.3, -0.25) is 9.59 Å². The van der Waals surface area contributed by atoms with Crippen LogP contribution in [0.15, 0.2) is 42.5 Å². The third kappa shape index (κ3) is 2.80. The molecule has 2 fully saturated rings. The van der Waals surface area contributed by atoms with Crippen LogP contribution in [0.25, 0.3) is 0 Å². The van der Waals surface area contributed by atoms with Gasteiger partial charge in [-0.1, -0.05) is 30.3 Å². The van der Waals surface area contributed by atoms with Crippen LogP contribution in [0.3, 0.4) is 0 Å². The van der Waals surface area contributed by atoms with Crippen molar-refractivity contribution >= 4 is 11.8 Å². The normalized spacial score (nSPS) is 28.3. The van der Waals surface area contributed by atoms with Crippen molar-refractivity contribution in [2.75, 3.05) is 33.5 Å². The van der Waals surface area contributed by atoms with Crippen molar-refractivity contribution in [3.8, 4) is 5.75 Å². The van der Waals surface area contributed by atoms with E-state index in [-0.39, 0.29) is 31.1 Å². The fourth-order valence-corrected chi connectivity index (χ4v) is 4.75. The van der Waals surface area contributed by atoms with Crippen LogP contribution in [-0.2, 0) is 10.2 Å². The van der Waals surface area contributed by atoms with Crippen LogP contribution in [0.4, 0.5) is 0 Å². The second-order valence-electron chi connectivity index (χ2n) is 8.24. The van der Waals surface area contributed by atoms with Crippen molar-refractivity contribution in [2.24, 2.45) is 11.8 Å². The number of aliphatic hydroxyl groups excluding tert-OH is 1. The first-order valence-corrected chi connectivity index (χ1v) is 10.2. The molecule has 2 amide bonds. The van der Waals surface area contributed by atoms with E-state index in [4.69, 9.17) is 9.47 Å². The Hall–Kier alpha value is -2.90. The van der Waals surface area contributed by atoms with E-state index in [1.807, 2.05) is 30.3 Å². The fourth-order valence-electron chi connectivity index (χ4n) is 4.75. The number of hydrogen-bond acceptors (Lipinski definition) is 5. The Morgan fingerprint density at radius 1 is 1.13 bits per heavy atom. The van der Waals surface area contributed by atoms with E-state index >= 15 is 0 Å². The molecule has 4 atom stereocenters. The molecular formula is C23H24N2O5. The number of carbonyl (C=O) groups is 2. The Balaban J connectivity index is 1.57. The molecule has 7 heteroatoms. The molecular weight excluding hydrogens is 384 g/mol. The second-order valence-corrected chi connectivity index (χ2v) is 8.24. The molecule has 2 heterocycles. The molecule has 3 aliphatic rings. The van der Waals surface area contributed by atoms with E-state index < -0.39 is 5.41 Å². The Morgan fingerprint density at radius 3 is 2.53 bits per heavy atom. The van der Waals surface area contributed by atoms with E-state index in [2.05, 4.69) is 10.6 Å². The molecule has 5 rings (SSSR count). The Bertz CT molecular complexity index is 998. The van der Waals surface area contributed by atoms with Gasteiger partial charge in [0.2, 0.25) is 0 Å². The molecule has 7 nitrogen and oxygen atoms in total. The zero-order valence-corrected chi connectivity index (χ0v) is 16.7. The number of carbonyl (C=O) groups excluding carboxylic acids is 2. The van der Waals surface area contributed by atoms with Crippen LogP contribution in [0, 0.1) is 11.8 Å². The highest BCUT2D eigenvalue weighted by Crippen LogP contribution is 2.47. The number of aliphatic hydroxyl groups is 1. The molecule has 0 bridgehead atoms. The summed E-state index contributed by atoms with van der Waals surface area (Å²) >= 11 is 0. The van der Waals surface area contributed by atoms with Crippen molar-refractivity contribution in [3.63, 3.8) is 0 Å². The fraction of sp³-hybridized carbons (Fsp3) is 0.391. The van der Waals surface area contributed by atoms with E-state index in [1.165, 1.54) is 7.05 Å². The minimum absolute atomic E-state index is 0.121. The van der Waals surface area contributed by atoms with Crippen molar-refractivity contribution in [3.05, 3.63) is 64.7 Å². The minimum atomic E-state index is -0.834. The number of ether oxygens (including phenoxy) is 2. The molecule has 0 spiro atoms. The topological polar surface area (TPSA) is 96.9 Å². The summed E-state index contributed by atoms with van der Waals surface area (Å²) in [6, 6.07) is 13.0. The molecule has 0 radical (unpaired) electrons. The van der Waals surface area contributed by atoms with E-state index in [9.17, 15) is 14.7 Å². The number of amides is 2. The average Bonchev–Trinajstić information content (AvgIpc) is 3.14. The summed E-state index contributed by atoms with van der Waals surface area (Å²) in [6.07, 6.45) is 0. The lowest BCUT2D eigenvalue weighted by atomic mass is 9.76. The third-order valence-electron chi connectivity index (χ3n) is 6.65. The molecule has 2 aromatic carbocycles. The molecule has 156 valence electrons. The van der Waals surface area contributed by atoms with Gasteiger partial charge in [0.05, 0.1) is 30.8 Å². The van der Waals surface area contributed by atoms with Gasteiger partial charge in [-0.25, -0.2) is 0 Å². The van der Waals surface area contributed by atoms with Crippen molar-refractivity contribution in [1.82, 2.24) is 10.6 Å². The monoisotopic (exact) mass is 408 g/mol. The van der Waals surface area contributed by atoms with Crippen molar-refractivity contribution < 1.29 is 24.2 Å². The first-order valence-electron chi connectivity index (χ1n) is 10.2. The molecule has 3 N–H and O–H groups in total. The van der Waals surface area contributed by atoms with Crippen molar-refractivity contribution in [1.29, 1.82) is 0 Å². The van der Waals surface area contributed by atoms with Crippen LogP contribution in [0.1, 0.15) is 31.8 Å². The smallest absolute Gasteiger partial charge is 0.254 e. The molecule has 2 unspecified atom stereocenters. The van der Waals surface area contributed by atoms with E-state index in [0.29, 0.717) is 47.5 Å². The first-order chi connectivity index (χ1) is 14.6. The summed E-state index contributed by atoms with van der Waals surface area (Å²) in [5, 5.41) is 16.1. The van der Waals surface area contributed by atoms with Crippen LogP contribution in [-0.4, -0.2) is 56.4 Å². The number of rotatable bonds is 5. The predicted molar refractivity (Wildman–Crippen MR) is 109 cm³/mol. The molecule has 0 aromatic heterocycles. The first kappa shape index (κ1) is 19.1. The van der Waals surface area contributed by atoms with E-state index in [1.54, 1.807) is 12.1 Å². The Morgan fingerprint density at radius 2 is 1.87 bits per heavy atom. The number of nitrogens with one attached hydrogen (secondary N) is 2. The van der Waals surface area contributed by atoms with Gasteiger partial charge < -0.3 is 25.2 Å². The largest absolute Gasteiger partial charge is 0.491 e. The lowest BCUT2D eigenvalue weighted by Gasteiger charge is -2.26. The summed E-state index contributed by atoms with van der Waals surface area (Å²) in [4.78, 5) is 25.6. The standard InChI is InChI=1S/C23H24N2O5/c1-24-22(28)15-7-13(21(27)25-19-16-9-29-10-17(16)19)8-18-20(15)30-12-23(18,11-26)14-5-3-2-4-6-14/h2-8,16-17,19,26H,9-12H2,1H3,(H,24,28)(H,25,27)/t16-,17+,19?,23?. The molecule has 1 saturated heterocycles. The van der Waals surface area contributed by atoms with Gasteiger partial charge in [0.1, 0.15) is 12.4 Å². The highest BCUT2D eigenvalue weighted by Gasteiger charge is 2.55. The number of benzene rings is 2. The average molecular weight is 408 g/mol. The van der Waals surface area contributed by atoms with Crippen LogP contribution in [0.2, 0.25) is 0 Å². The number of hydrogen-bond donors (Lipinski definition) is 3. The molecule has 1 saturated carbocycles. The van der Waals surface area contributed by atoms with Gasteiger partial charge in [-0.15, -0.1) is 0 Å². The van der Waals surface area contributed by atoms with Gasteiger partial charge in [-0.2, -0.15) is 0 Å². The summed E-state index contributed by atoms with van der Waals surface area (Å²) in [7, 11) is 1.54. The lowest BCUT2D eigenvalue weighted by Crippen LogP contribution is -2.34. The van der Waals surface area contributed by atoms with Gasteiger partial charge in [0.15, 0.2) is 0 Å². The van der Waals surface area contributed by atoms with Crippen LogP contribution >= 0.6 is 0 Å². The van der Waals surface area contributed by atoms with E-state index in [0.717, 1.165) is 5.56 Å². The lowest BCUT2D eigenvalue weighted by molar-refractivity contribution is 0.0928. The molecule has 2 aromatic rings. The third-order valence-corrected chi connectivity index (χ3v) is 6.65. The van der Waals surface area contributed by atoms with Crippen LogP contribution < -0.4 is 15.4 Å². The maximum absolute atomic E-state index is 13.0. The van der Waals surface area contributed by atoms with Gasteiger partial charge in [0.25, 0.3) is 11.8 Å². The Labute approximate surface area is 174 Å². The maximum Gasteiger partial charge on any atom is 0.254 e. The molecule has 1 aliphatic carbocycles. The summed E-state index contributed by atoms with van der Waals surface area (Å²) in [5.74, 6) is 0.617. The highest BCUT2D eigenvalue weighted by atomic mass is 16.5. The molecule has 2 aliphatic heterocycles. The SMILES string of the molecule is CNC(=O)c1cc(C(=O)NC2[C@H]3COC[C@@H]23)cc2c1OCC2(CO)c1ccccc1. The second kappa shape index (κ2) is 7.11. The van der Waals surface area contributed by atoms with Gasteiger partial charge in [-0.05, 0) is 17.7 Å². The number of fused-ring (bicyclic) bond motifs is 2. The summed E-state index contributed by atoms with van der Waals surface area (Å²) in [6.45, 7) is 1.35. The summed E-state index contributed by atoms with van der Waals surface area (Å²) in [5.41, 5.74) is 1.38. The van der Waals surface area contributed by atoms with Crippen molar-refractivity contribution in [2.45, 2.75) is 11.5 Å². The molecule has 30 heavy (non-hydrogen) atoms.